The number of halogens is 1. The number of sulfonamides is 1. The average Bonchev–Trinajstić information content (AvgIpc) is 3.24. The molecule has 0 saturated carbocycles. The van der Waals surface area contributed by atoms with Crippen molar-refractivity contribution >= 4 is 10.0 Å². The Morgan fingerprint density at radius 1 is 0.833 bits per heavy atom. The molecule has 1 atom stereocenters. The van der Waals surface area contributed by atoms with Crippen LogP contribution in [0.2, 0.25) is 0 Å². The molecular formula is C24H23FN2O2S. The van der Waals surface area contributed by atoms with Crippen molar-refractivity contribution in [2.75, 3.05) is 13.1 Å². The van der Waals surface area contributed by atoms with E-state index in [0.717, 1.165) is 30.6 Å². The van der Waals surface area contributed by atoms with Crippen LogP contribution in [0.3, 0.4) is 0 Å². The van der Waals surface area contributed by atoms with E-state index in [-0.39, 0.29) is 12.4 Å². The molecule has 0 unspecified atom stereocenters. The van der Waals surface area contributed by atoms with Gasteiger partial charge in [0.15, 0.2) is 0 Å². The first-order valence-electron chi connectivity index (χ1n) is 10.1. The van der Waals surface area contributed by atoms with Crippen LogP contribution in [-0.2, 0) is 28.7 Å². The maximum atomic E-state index is 13.5. The number of rotatable bonds is 4. The molecule has 0 aromatic heterocycles. The largest absolute Gasteiger partial charge is 0.297 e. The van der Waals surface area contributed by atoms with E-state index in [4.69, 9.17) is 0 Å². The Bertz CT molecular complexity index is 1170. The molecule has 4 nitrogen and oxygen atoms in total. The molecule has 1 fully saturated rings. The molecule has 1 saturated heterocycles. The van der Waals surface area contributed by atoms with Gasteiger partial charge in [0.2, 0.25) is 10.0 Å². The maximum Gasteiger partial charge on any atom is 0.244 e. The van der Waals surface area contributed by atoms with Crippen LogP contribution < -0.4 is 0 Å². The summed E-state index contributed by atoms with van der Waals surface area (Å²) < 4.78 is 42.1. The van der Waals surface area contributed by atoms with Crippen molar-refractivity contribution in [3.63, 3.8) is 0 Å². The fourth-order valence-corrected chi connectivity index (χ4v) is 6.87. The number of benzene rings is 3. The standard InChI is InChI=1S/C24H23FN2O2S/c25-21-12-10-20(11-13-21)17-27-24(22-8-4-5-9-23(22)30(27,28)29)14-15-26(18-24)16-19-6-2-1-3-7-19/h1-13H,14-18H2/t24-/m1/s1. The van der Waals surface area contributed by atoms with Crippen LogP contribution in [0.1, 0.15) is 23.1 Å². The van der Waals surface area contributed by atoms with Gasteiger partial charge >= 0.3 is 0 Å². The van der Waals surface area contributed by atoms with Gasteiger partial charge in [-0.15, -0.1) is 0 Å². The van der Waals surface area contributed by atoms with Crippen LogP contribution in [0.25, 0.3) is 0 Å². The Labute approximate surface area is 176 Å². The van der Waals surface area contributed by atoms with Crippen LogP contribution in [0, 0.1) is 5.82 Å². The third kappa shape index (κ3) is 3.16. The molecule has 2 heterocycles. The average molecular weight is 423 g/mol. The second-order valence-corrected chi connectivity index (χ2v) is 9.94. The summed E-state index contributed by atoms with van der Waals surface area (Å²) in [4.78, 5) is 2.72. The summed E-state index contributed by atoms with van der Waals surface area (Å²) in [6.07, 6.45) is 0.733. The third-order valence-electron chi connectivity index (χ3n) is 6.25. The van der Waals surface area contributed by atoms with Gasteiger partial charge in [0.25, 0.3) is 0 Å². The van der Waals surface area contributed by atoms with E-state index in [0.29, 0.717) is 11.4 Å². The number of hydrogen-bond donors (Lipinski definition) is 0. The lowest BCUT2D eigenvalue weighted by atomic mass is 9.88. The minimum atomic E-state index is -3.63. The monoisotopic (exact) mass is 422 g/mol. The van der Waals surface area contributed by atoms with Crippen molar-refractivity contribution < 1.29 is 12.8 Å². The zero-order valence-corrected chi connectivity index (χ0v) is 17.4. The minimum absolute atomic E-state index is 0.233. The lowest BCUT2D eigenvalue weighted by molar-refractivity contribution is 0.184. The smallest absolute Gasteiger partial charge is 0.244 e. The molecule has 0 aliphatic carbocycles. The molecule has 6 heteroatoms. The van der Waals surface area contributed by atoms with Gasteiger partial charge in [0.05, 0.1) is 10.4 Å². The summed E-state index contributed by atoms with van der Waals surface area (Å²) in [6.45, 7) is 2.48. The third-order valence-corrected chi connectivity index (χ3v) is 8.22. The van der Waals surface area contributed by atoms with Gasteiger partial charge in [0.1, 0.15) is 5.82 Å². The number of likely N-dealkylation sites (tertiary alicyclic amines) is 1. The van der Waals surface area contributed by atoms with E-state index in [2.05, 4.69) is 17.0 Å². The van der Waals surface area contributed by atoms with Crippen LogP contribution >= 0.6 is 0 Å². The highest BCUT2D eigenvalue weighted by Crippen LogP contribution is 2.50. The van der Waals surface area contributed by atoms with Gasteiger partial charge in [-0.05, 0) is 41.3 Å². The first kappa shape index (κ1) is 19.4. The van der Waals surface area contributed by atoms with E-state index in [1.165, 1.54) is 17.7 Å². The zero-order valence-electron chi connectivity index (χ0n) is 16.5. The Balaban J connectivity index is 1.52. The molecule has 1 spiro atoms. The normalized spacial score (nSPS) is 23.1. The number of nitrogens with zero attached hydrogens (tertiary/aromatic N) is 2. The van der Waals surface area contributed by atoms with E-state index in [1.807, 2.05) is 30.3 Å². The van der Waals surface area contributed by atoms with E-state index >= 15 is 0 Å². The van der Waals surface area contributed by atoms with Crippen molar-refractivity contribution in [3.05, 3.63) is 101 Å². The predicted molar refractivity (Wildman–Crippen MR) is 114 cm³/mol. The second-order valence-electron chi connectivity index (χ2n) is 8.11. The molecule has 0 radical (unpaired) electrons. The molecule has 3 aromatic carbocycles. The van der Waals surface area contributed by atoms with Crippen LogP contribution in [-0.4, -0.2) is 30.7 Å². The fourth-order valence-electron chi connectivity index (χ4n) is 4.82. The quantitative estimate of drug-likeness (QED) is 0.635. The van der Waals surface area contributed by atoms with Gasteiger partial charge in [-0.2, -0.15) is 4.31 Å². The topological polar surface area (TPSA) is 40.6 Å². The first-order chi connectivity index (χ1) is 14.5. The van der Waals surface area contributed by atoms with Gasteiger partial charge in [-0.3, -0.25) is 4.90 Å². The molecule has 30 heavy (non-hydrogen) atoms. The number of fused-ring (bicyclic) bond motifs is 2. The Morgan fingerprint density at radius 2 is 1.50 bits per heavy atom. The lowest BCUT2D eigenvalue weighted by Gasteiger charge is -2.34. The summed E-state index contributed by atoms with van der Waals surface area (Å²) in [5, 5.41) is 0. The second kappa shape index (κ2) is 7.30. The Hall–Kier alpha value is -2.54. The predicted octanol–water partition coefficient (Wildman–Crippen LogP) is 4.13. The van der Waals surface area contributed by atoms with Gasteiger partial charge in [-0.1, -0.05) is 60.7 Å². The molecule has 5 rings (SSSR count). The molecule has 154 valence electrons. The van der Waals surface area contributed by atoms with E-state index in [9.17, 15) is 12.8 Å². The first-order valence-corrected chi connectivity index (χ1v) is 11.6. The van der Waals surface area contributed by atoms with Crippen molar-refractivity contribution in [2.45, 2.75) is 29.9 Å². The van der Waals surface area contributed by atoms with Gasteiger partial charge in [-0.25, -0.2) is 12.8 Å². The van der Waals surface area contributed by atoms with E-state index in [1.54, 1.807) is 28.6 Å². The molecular weight excluding hydrogens is 399 g/mol. The summed E-state index contributed by atoms with van der Waals surface area (Å²) in [5.74, 6) is -0.323. The Kier molecular flexibility index (Phi) is 4.73. The van der Waals surface area contributed by atoms with Gasteiger partial charge in [0, 0.05) is 26.2 Å². The SMILES string of the molecule is O=S1(=O)c2ccccc2[C@]2(CCN(Cc3ccccc3)C2)N1Cc1ccc(F)cc1. The molecule has 2 aliphatic rings. The van der Waals surface area contributed by atoms with Crippen molar-refractivity contribution in [1.29, 1.82) is 0 Å². The minimum Gasteiger partial charge on any atom is -0.297 e. The molecule has 2 aliphatic heterocycles. The molecule has 3 aromatic rings. The highest BCUT2D eigenvalue weighted by molar-refractivity contribution is 7.89. The fraction of sp³-hybridized carbons (Fsp3) is 0.250. The molecule has 0 N–H and O–H groups in total. The van der Waals surface area contributed by atoms with E-state index < -0.39 is 15.6 Å². The molecule has 0 amide bonds. The Morgan fingerprint density at radius 3 is 2.27 bits per heavy atom. The molecule has 0 bridgehead atoms. The van der Waals surface area contributed by atoms with Crippen molar-refractivity contribution in [3.8, 4) is 0 Å². The van der Waals surface area contributed by atoms with Crippen molar-refractivity contribution in [1.82, 2.24) is 9.21 Å². The highest BCUT2D eigenvalue weighted by Gasteiger charge is 2.56. The summed E-state index contributed by atoms with van der Waals surface area (Å²) in [5.41, 5.74) is 2.28. The summed E-state index contributed by atoms with van der Waals surface area (Å²) in [6, 6.07) is 23.7. The summed E-state index contributed by atoms with van der Waals surface area (Å²) in [7, 11) is -3.63. The van der Waals surface area contributed by atoms with Crippen LogP contribution in [0.15, 0.2) is 83.8 Å². The van der Waals surface area contributed by atoms with Gasteiger partial charge < -0.3 is 0 Å². The lowest BCUT2D eigenvalue weighted by Crippen LogP contribution is -2.45. The highest BCUT2D eigenvalue weighted by atomic mass is 32.2. The van der Waals surface area contributed by atoms with Crippen LogP contribution in [0.4, 0.5) is 4.39 Å². The summed E-state index contributed by atoms with van der Waals surface area (Å²) >= 11 is 0. The maximum absolute atomic E-state index is 13.5. The number of hydrogen-bond acceptors (Lipinski definition) is 3. The zero-order chi connectivity index (χ0) is 20.8. The van der Waals surface area contributed by atoms with Crippen LogP contribution in [0.5, 0.6) is 0 Å². The van der Waals surface area contributed by atoms with Crippen molar-refractivity contribution in [2.24, 2.45) is 0 Å².